The van der Waals surface area contributed by atoms with E-state index in [9.17, 15) is 0 Å². The average Bonchev–Trinajstić information content (AvgIpc) is 3.14. The average molecular weight is 344 g/mol. The molecule has 0 saturated heterocycles. The highest BCUT2D eigenvalue weighted by atomic mass is 32.2. The van der Waals surface area contributed by atoms with Crippen molar-refractivity contribution < 1.29 is 0 Å². The summed E-state index contributed by atoms with van der Waals surface area (Å²) in [4.78, 5) is 1.42. The maximum Gasteiger partial charge on any atom is 0.191 e. The van der Waals surface area contributed by atoms with Gasteiger partial charge in [0.2, 0.25) is 0 Å². The minimum atomic E-state index is 0.920. The van der Waals surface area contributed by atoms with Crippen LogP contribution < -0.4 is 0 Å². The molecule has 2 aromatic heterocycles. The highest BCUT2D eigenvalue weighted by Gasteiger charge is 2.13. The second kappa shape index (κ2) is 7.32. The minimum Gasteiger partial charge on any atom is -0.305 e. The third-order valence-electron chi connectivity index (χ3n) is 3.86. The van der Waals surface area contributed by atoms with Gasteiger partial charge in [0, 0.05) is 28.6 Å². The van der Waals surface area contributed by atoms with E-state index in [0.717, 1.165) is 23.2 Å². The van der Waals surface area contributed by atoms with Gasteiger partial charge in [0.25, 0.3) is 0 Å². The number of rotatable bonds is 6. The maximum atomic E-state index is 4.39. The van der Waals surface area contributed by atoms with Crippen LogP contribution in [0, 0.1) is 6.92 Å². The van der Waals surface area contributed by atoms with Crippen molar-refractivity contribution in [2.45, 2.75) is 37.6 Å². The van der Waals surface area contributed by atoms with Crippen molar-refractivity contribution in [1.82, 2.24) is 14.8 Å². The number of benzene rings is 1. The standard InChI is InChI=1S/C18H21N3S2/c1-4-7-16-10-15(12-22-16)17-19-20-18(21(17)3)23-11-14-9-6-5-8-13(14)2/h5-6,8-10,12H,4,7,11H2,1-3H3. The zero-order valence-corrected chi connectivity index (χ0v) is 15.4. The molecule has 120 valence electrons. The Bertz CT molecular complexity index is 789. The summed E-state index contributed by atoms with van der Waals surface area (Å²) < 4.78 is 2.10. The molecule has 0 atom stereocenters. The summed E-state index contributed by atoms with van der Waals surface area (Å²) >= 11 is 3.55. The molecule has 0 aliphatic rings. The number of aromatic nitrogens is 3. The summed E-state index contributed by atoms with van der Waals surface area (Å²) in [6.45, 7) is 4.36. The summed E-state index contributed by atoms with van der Waals surface area (Å²) in [5.41, 5.74) is 3.85. The van der Waals surface area contributed by atoms with E-state index in [1.54, 1.807) is 11.8 Å². The number of hydrogen-bond donors (Lipinski definition) is 0. The van der Waals surface area contributed by atoms with Gasteiger partial charge in [0.05, 0.1) is 0 Å². The summed E-state index contributed by atoms with van der Waals surface area (Å²) in [5, 5.41) is 11.9. The van der Waals surface area contributed by atoms with Gasteiger partial charge >= 0.3 is 0 Å². The smallest absolute Gasteiger partial charge is 0.191 e. The van der Waals surface area contributed by atoms with E-state index in [1.165, 1.54) is 28.0 Å². The van der Waals surface area contributed by atoms with Crippen molar-refractivity contribution in [3.8, 4) is 11.4 Å². The lowest BCUT2D eigenvalue weighted by Crippen LogP contribution is -1.95. The van der Waals surface area contributed by atoms with Gasteiger partial charge in [-0.05, 0) is 30.5 Å². The van der Waals surface area contributed by atoms with Crippen molar-refractivity contribution >= 4 is 23.1 Å². The normalized spacial score (nSPS) is 11.1. The first kappa shape index (κ1) is 16.3. The summed E-state index contributed by atoms with van der Waals surface area (Å²) in [6.07, 6.45) is 2.31. The van der Waals surface area contributed by atoms with Gasteiger partial charge in [-0.25, -0.2) is 0 Å². The Balaban J connectivity index is 1.75. The van der Waals surface area contributed by atoms with Crippen molar-refractivity contribution in [1.29, 1.82) is 0 Å². The SMILES string of the molecule is CCCc1cc(-c2nnc(SCc3ccccc3C)n2C)cs1. The lowest BCUT2D eigenvalue weighted by molar-refractivity contribution is 0.794. The molecular weight excluding hydrogens is 322 g/mol. The number of nitrogens with zero attached hydrogens (tertiary/aromatic N) is 3. The van der Waals surface area contributed by atoms with Crippen LogP contribution in [0.25, 0.3) is 11.4 Å². The minimum absolute atomic E-state index is 0.920. The summed E-state index contributed by atoms with van der Waals surface area (Å²) in [5.74, 6) is 1.87. The van der Waals surface area contributed by atoms with E-state index in [2.05, 4.69) is 64.3 Å². The van der Waals surface area contributed by atoms with Crippen molar-refractivity contribution in [2.24, 2.45) is 7.05 Å². The molecular formula is C18H21N3S2. The third kappa shape index (κ3) is 3.67. The van der Waals surface area contributed by atoms with Gasteiger partial charge < -0.3 is 4.57 Å². The van der Waals surface area contributed by atoms with Crippen LogP contribution in [-0.2, 0) is 19.2 Å². The quantitative estimate of drug-likeness (QED) is 0.584. The lowest BCUT2D eigenvalue weighted by Gasteiger charge is -2.05. The number of thioether (sulfide) groups is 1. The number of hydrogen-bond acceptors (Lipinski definition) is 4. The highest BCUT2D eigenvalue weighted by molar-refractivity contribution is 7.98. The molecule has 23 heavy (non-hydrogen) atoms. The zero-order chi connectivity index (χ0) is 16.2. The van der Waals surface area contributed by atoms with Crippen LogP contribution in [0.4, 0.5) is 0 Å². The molecule has 0 N–H and O–H groups in total. The fourth-order valence-electron chi connectivity index (χ4n) is 2.48. The predicted molar refractivity (Wildman–Crippen MR) is 99.1 cm³/mol. The van der Waals surface area contributed by atoms with Crippen LogP contribution in [0.5, 0.6) is 0 Å². The molecule has 3 nitrogen and oxygen atoms in total. The Kier molecular flexibility index (Phi) is 5.18. The Morgan fingerprint density at radius 2 is 2.04 bits per heavy atom. The fraction of sp³-hybridized carbons (Fsp3) is 0.333. The molecule has 0 aliphatic carbocycles. The molecule has 0 unspecified atom stereocenters. The van der Waals surface area contributed by atoms with Crippen molar-refractivity contribution in [3.63, 3.8) is 0 Å². The van der Waals surface area contributed by atoms with Gasteiger partial charge in [-0.15, -0.1) is 21.5 Å². The van der Waals surface area contributed by atoms with Gasteiger partial charge in [-0.2, -0.15) is 0 Å². The first-order valence-electron chi connectivity index (χ1n) is 7.83. The lowest BCUT2D eigenvalue weighted by atomic mass is 10.1. The molecule has 0 fully saturated rings. The first-order chi connectivity index (χ1) is 11.2. The molecule has 0 bridgehead atoms. The Morgan fingerprint density at radius 3 is 2.83 bits per heavy atom. The van der Waals surface area contributed by atoms with Crippen LogP contribution in [0.15, 0.2) is 40.9 Å². The topological polar surface area (TPSA) is 30.7 Å². The number of aryl methyl sites for hydroxylation is 2. The van der Waals surface area contributed by atoms with E-state index in [1.807, 2.05) is 18.4 Å². The zero-order valence-electron chi connectivity index (χ0n) is 13.7. The molecule has 0 spiro atoms. The van der Waals surface area contributed by atoms with Crippen LogP contribution in [0.3, 0.4) is 0 Å². The monoisotopic (exact) mass is 343 g/mol. The molecule has 1 aromatic carbocycles. The van der Waals surface area contributed by atoms with Gasteiger partial charge in [0.1, 0.15) is 0 Å². The Labute approximate surface area is 145 Å². The first-order valence-corrected chi connectivity index (χ1v) is 9.70. The van der Waals surface area contributed by atoms with Crippen LogP contribution in [0.2, 0.25) is 0 Å². The van der Waals surface area contributed by atoms with E-state index in [4.69, 9.17) is 0 Å². The second-order valence-corrected chi connectivity index (χ2v) is 7.57. The maximum absolute atomic E-state index is 4.39. The number of thiophene rings is 1. The third-order valence-corrected chi connectivity index (χ3v) is 5.93. The molecule has 3 aromatic rings. The molecule has 0 amide bonds. The molecule has 3 rings (SSSR count). The van der Waals surface area contributed by atoms with Crippen LogP contribution >= 0.6 is 23.1 Å². The summed E-state index contributed by atoms with van der Waals surface area (Å²) in [7, 11) is 2.05. The van der Waals surface area contributed by atoms with E-state index >= 15 is 0 Å². The van der Waals surface area contributed by atoms with E-state index in [0.29, 0.717) is 0 Å². The van der Waals surface area contributed by atoms with Crippen LogP contribution in [-0.4, -0.2) is 14.8 Å². The predicted octanol–water partition coefficient (Wildman–Crippen LogP) is 5.10. The molecule has 0 saturated carbocycles. The Morgan fingerprint density at radius 1 is 1.22 bits per heavy atom. The summed E-state index contributed by atoms with van der Waals surface area (Å²) in [6, 6.07) is 10.7. The molecule has 2 heterocycles. The van der Waals surface area contributed by atoms with Gasteiger partial charge in [0.15, 0.2) is 11.0 Å². The van der Waals surface area contributed by atoms with Gasteiger partial charge in [-0.1, -0.05) is 49.4 Å². The second-order valence-electron chi connectivity index (χ2n) is 5.63. The fourth-order valence-corrected chi connectivity index (χ4v) is 4.44. The Hall–Kier alpha value is -1.59. The molecule has 0 radical (unpaired) electrons. The van der Waals surface area contributed by atoms with Gasteiger partial charge in [-0.3, -0.25) is 0 Å². The van der Waals surface area contributed by atoms with E-state index in [-0.39, 0.29) is 0 Å². The van der Waals surface area contributed by atoms with Crippen LogP contribution in [0.1, 0.15) is 29.3 Å². The highest BCUT2D eigenvalue weighted by Crippen LogP contribution is 2.29. The molecule has 5 heteroatoms. The molecule has 0 aliphatic heterocycles. The van der Waals surface area contributed by atoms with Crippen molar-refractivity contribution in [3.05, 3.63) is 51.7 Å². The van der Waals surface area contributed by atoms with E-state index < -0.39 is 0 Å². The van der Waals surface area contributed by atoms with Crippen molar-refractivity contribution in [2.75, 3.05) is 0 Å². The largest absolute Gasteiger partial charge is 0.305 e.